The third-order valence-electron chi connectivity index (χ3n) is 1.57. The molecule has 1 atom stereocenters. The van der Waals surface area contributed by atoms with Gasteiger partial charge in [-0.3, -0.25) is 4.68 Å². The number of hydrogen-bond acceptors (Lipinski definition) is 3. The summed E-state index contributed by atoms with van der Waals surface area (Å²) in [6, 6.07) is 1.69. The van der Waals surface area contributed by atoms with Crippen LogP contribution in [0.4, 0.5) is 0 Å². The number of aromatic nitrogens is 2. The van der Waals surface area contributed by atoms with E-state index in [1.54, 1.807) is 10.9 Å². The molecule has 0 radical (unpaired) electrons. The van der Waals surface area contributed by atoms with Crippen molar-refractivity contribution in [1.29, 1.82) is 0 Å². The molecule has 0 aliphatic carbocycles. The molecule has 4 nitrogen and oxygen atoms in total. The van der Waals surface area contributed by atoms with E-state index in [2.05, 4.69) is 5.10 Å². The van der Waals surface area contributed by atoms with E-state index in [0.717, 1.165) is 5.69 Å². The Bertz CT molecular complexity index is 221. The van der Waals surface area contributed by atoms with Crippen molar-refractivity contribution in [3.05, 3.63) is 18.0 Å². The highest BCUT2D eigenvalue weighted by molar-refractivity contribution is 4.96. The number of hydrogen-bond donors (Lipinski definition) is 2. The van der Waals surface area contributed by atoms with Crippen molar-refractivity contribution in [3.63, 3.8) is 0 Å². The monoisotopic (exact) mass is 155 g/mol. The molecule has 4 heteroatoms. The third-order valence-corrected chi connectivity index (χ3v) is 1.57. The maximum atomic E-state index is 8.66. The number of rotatable bonds is 3. The van der Waals surface area contributed by atoms with Gasteiger partial charge in [0, 0.05) is 17.9 Å². The summed E-state index contributed by atoms with van der Waals surface area (Å²) in [5, 5.41) is 12.7. The summed E-state index contributed by atoms with van der Waals surface area (Å²) >= 11 is 0. The molecule has 0 bridgehead atoms. The van der Waals surface area contributed by atoms with Crippen molar-refractivity contribution in [2.24, 2.45) is 5.73 Å². The summed E-state index contributed by atoms with van der Waals surface area (Å²) < 4.78 is 1.78. The van der Waals surface area contributed by atoms with Gasteiger partial charge < -0.3 is 10.8 Å². The lowest BCUT2D eigenvalue weighted by Crippen LogP contribution is -2.30. The lowest BCUT2D eigenvalue weighted by molar-refractivity contribution is 0.250. The second-order valence-corrected chi connectivity index (χ2v) is 2.60. The molecular formula is C7H13N3O. The maximum absolute atomic E-state index is 8.66. The van der Waals surface area contributed by atoms with Crippen molar-refractivity contribution < 1.29 is 5.11 Å². The molecule has 0 fully saturated rings. The highest BCUT2D eigenvalue weighted by Crippen LogP contribution is 1.96. The van der Waals surface area contributed by atoms with Crippen LogP contribution in [0.25, 0.3) is 0 Å². The van der Waals surface area contributed by atoms with Crippen LogP contribution in [-0.4, -0.2) is 27.5 Å². The molecule has 1 heterocycles. The van der Waals surface area contributed by atoms with E-state index in [1.165, 1.54) is 0 Å². The lowest BCUT2D eigenvalue weighted by atomic mass is 10.3. The molecule has 3 N–H and O–H groups in total. The first-order valence-electron chi connectivity index (χ1n) is 3.59. The quantitative estimate of drug-likeness (QED) is 0.619. The molecule has 0 aromatic carbocycles. The largest absolute Gasteiger partial charge is 0.395 e. The molecule has 0 amide bonds. The van der Waals surface area contributed by atoms with Gasteiger partial charge in [-0.15, -0.1) is 0 Å². The fraction of sp³-hybridized carbons (Fsp3) is 0.571. The predicted molar refractivity (Wildman–Crippen MR) is 42.0 cm³/mol. The number of aryl methyl sites for hydroxylation is 1. The van der Waals surface area contributed by atoms with E-state index < -0.39 is 0 Å². The van der Waals surface area contributed by atoms with Crippen molar-refractivity contribution in [2.45, 2.75) is 19.5 Å². The van der Waals surface area contributed by atoms with Gasteiger partial charge in [-0.05, 0) is 13.0 Å². The highest BCUT2D eigenvalue weighted by atomic mass is 16.3. The molecule has 1 rings (SSSR count). The van der Waals surface area contributed by atoms with E-state index in [4.69, 9.17) is 10.8 Å². The van der Waals surface area contributed by atoms with Crippen LogP contribution in [-0.2, 0) is 6.54 Å². The van der Waals surface area contributed by atoms with Crippen molar-refractivity contribution >= 4 is 0 Å². The van der Waals surface area contributed by atoms with E-state index >= 15 is 0 Å². The highest BCUT2D eigenvalue weighted by Gasteiger charge is 2.02. The number of nitrogens with two attached hydrogens (primary N) is 1. The van der Waals surface area contributed by atoms with Gasteiger partial charge in [-0.25, -0.2) is 0 Å². The van der Waals surface area contributed by atoms with Gasteiger partial charge >= 0.3 is 0 Å². The number of nitrogens with zero attached hydrogens (tertiary/aromatic N) is 2. The Hall–Kier alpha value is -0.870. The van der Waals surface area contributed by atoms with Gasteiger partial charge in [0.15, 0.2) is 0 Å². The van der Waals surface area contributed by atoms with Crippen LogP contribution in [0.5, 0.6) is 0 Å². The van der Waals surface area contributed by atoms with Crippen LogP contribution in [0.3, 0.4) is 0 Å². The molecule has 0 saturated carbocycles. The molecule has 1 unspecified atom stereocenters. The Labute approximate surface area is 65.6 Å². The first-order chi connectivity index (χ1) is 5.24. The topological polar surface area (TPSA) is 64.1 Å². The molecule has 62 valence electrons. The molecule has 0 aliphatic heterocycles. The Morgan fingerprint density at radius 3 is 3.00 bits per heavy atom. The van der Waals surface area contributed by atoms with Gasteiger partial charge in [0.05, 0.1) is 13.2 Å². The minimum absolute atomic E-state index is 0.000694. The van der Waals surface area contributed by atoms with Crippen molar-refractivity contribution in [1.82, 2.24) is 9.78 Å². The molecule has 1 aromatic heterocycles. The van der Waals surface area contributed by atoms with Gasteiger partial charge in [-0.1, -0.05) is 0 Å². The average Bonchev–Trinajstić information content (AvgIpc) is 2.37. The predicted octanol–water partition coefficient (Wildman–Crippen LogP) is -0.489. The number of aliphatic hydroxyl groups excluding tert-OH is 1. The lowest BCUT2D eigenvalue weighted by Gasteiger charge is -2.08. The second kappa shape index (κ2) is 3.50. The average molecular weight is 155 g/mol. The van der Waals surface area contributed by atoms with Gasteiger partial charge in [0.25, 0.3) is 0 Å². The number of aliphatic hydroxyl groups is 1. The smallest absolute Gasteiger partial charge is 0.0600 e. The third kappa shape index (κ3) is 2.03. The fourth-order valence-electron chi connectivity index (χ4n) is 0.870. The summed E-state index contributed by atoms with van der Waals surface area (Å²) in [7, 11) is 0. The standard InChI is InChI=1S/C7H13N3O/c1-6-2-3-9-10(6)4-7(8)5-11/h2-3,7,11H,4-5,8H2,1H3. The SMILES string of the molecule is Cc1ccnn1CC(N)CO. The zero-order valence-corrected chi connectivity index (χ0v) is 6.57. The Kier molecular flexibility index (Phi) is 2.62. The van der Waals surface area contributed by atoms with Gasteiger partial charge in [-0.2, -0.15) is 5.10 Å². The normalized spacial score (nSPS) is 13.4. The Balaban J connectivity index is 2.56. The van der Waals surface area contributed by atoms with E-state index in [1.807, 2.05) is 13.0 Å². The zero-order valence-electron chi connectivity index (χ0n) is 6.57. The van der Waals surface area contributed by atoms with Crippen LogP contribution in [0.15, 0.2) is 12.3 Å². The second-order valence-electron chi connectivity index (χ2n) is 2.60. The summed E-state index contributed by atoms with van der Waals surface area (Å²) in [5.74, 6) is 0. The van der Waals surface area contributed by atoms with Crippen LogP contribution in [0, 0.1) is 6.92 Å². The van der Waals surface area contributed by atoms with Crippen molar-refractivity contribution in [3.8, 4) is 0 Å². The van der Waals surface area contributed by atoms with Crippen LogP contribution in [0.1, 0.15) is 5.69 Å². The van der Waals surface area contributed by atoms with E-state index in [9.17, 15) is 0 Å². The summed E-state index contributed by atoms with van der Waals surface area (Å²) in [4.78, 5) is 0. The first kappa shape index (κ1) is 8.23. The molecule has 0 spiro atoms. The van der Waals surface area contributed by atoms with E-state index in [-0.39, 0.29) is 12.6 Å². The fourth-order valence-corrected chi connectivity index (χ4v) is 0.870. The van der Waals surface area contributed by atoms with E-state index in [0.29, 0.717) is 6.54 Å². The summed E-state index contributed by atoms with van der Waals surface area (Å²) in [5.41, 5.74) is 6.59. The molecule has 11 heavy (non-hydrogen) atoms. The summed E-state index contributed by atoms with van der Waals surface area (Å²) in [6.07, 6.45) is 1.72. The molecule has 0 aliphatic rings. The summed E-state index contributed by atoms with van der Waals surface area (Å²) in [6.45, 7) is 2.53. The Morgan fingerprint density at radius 1 is 1.82 bits per heavy atom. The van der Waals surface area contributed by atoms with Crippen LogP contribution >= 0.6 is 0 Å². The van der Waals surface area contributed by atoms with Gasteiger partial charge in [0.2, 0.25) is 0 Å². The molecular weight excluding hydrogens is 142 g/mol. The first-order valence-corrected chi connectivity index (χ1v) is 3.59. The van der Waals surface area contributed by atoms with Gasteiger partial charge in [0.1, 0.15) is 0 Å². The zero-order chi connectivity index (χ0) is 8.27. The van der Waals surface area contributed by atoms with Crippen molar-refractivity contribution in [2.75, 3.05) is 6.61 Å². The molecule has 1 aromatic rings. The minimum Gasteiger partial charge on any atom is -0.395 e. The molecule has 0 saturated heterocycles. The van der Waals surface area contributed by atoms with Crippen LogP contribution in [0.2, 0.25) is 0 Å². The Morgan fingerprint density at radius 2 is 2.55 bits per heavy atom. The minimum atomic E-state index is -0.214. The van der Waals surface area contributed by atoms with Crippen LogP contribution < -0.4 is 5.73 Å². The maximum Gasteiger partial charge on any atom is 0.0600 e.